The Kier molecular flexibility index (Phi) is 7.69. The van der Waals surface area contributed by atoms with E-state index in [1.807, 2.05) is 5.43 Å². The largest absolute Gasteiger partial charge is 0.423 e. The number of rotatable bonds is 5. The normalized spacial score (nSPS) is 10.6. The van der Waals surface area contributed by atoms with Crippen molar-refractivity contribution in [1.82, 2.24) is 5.43 Å². The zero-order valence-corrected chi connectivity index (χ0v) is 18.5. The SMILES string of the molecule is O=C(N/N=C/c1ccc(OC(=O)c2ccccc2Cl)cc1)C(=O)Nc1ccc(Br)cc1F. The van der Waals surface area contributed by atoms with E-state index in [-0.39, 0.29) is 22.0 Å². The number of hydrogen-bond acceptors (Lipinski definition) is 5. The van der Waals surface area contributed by atoms with Crippen molar-refractivity contribution in [2.75, 3.05) is 5.32 Å². The number of hydrazone groups is 1. The second-order valence-corrected chi connectivity index (χ2v) is 7.54. The average Bonchev–Trinajstić information content (AvgIpc) is 2.77. The van der Waals surface area contributed by atoms with E-state index in [4.69, 9.17) is 16.3 Å². The molecule has 2 N–H and O–H groups in total. The molecule has 0 aliphatic heterocycles. The summed E-state index contributed by atoms with van der Waals surface area (Å²) in [6.45, 7) is 0. The van der Waals surface area contributed by atoms with Gasteiger partial charge in [0.05, 0.1) is 22.5 Å². The van der Waals surface area contributed by atoms with Crippen LogP contribution in [0.5, 0.6) is 5.75 Å². The number of carbonyl (C=O) groups is 3. The van der Waals surface area contributed by atoms with Gasteiger partial charge in [-0.1, -0.05) is 39.7 Å². The van der Waals surface area contributed by atoms with Crippen LogP contribution < -0.4 is 15.5 Å². The smallest absolute Gasteiger partial charge is 0.345 e. The van der Waals surface area contributed by atoms with Gasteiger partial charge in [0, 0.05) is 4.47 Å². The number of nitrogens with one attached hydrogen (secondary N) is 2. The summed E-state index contributed by atoms with van der Waals surface area (Å²) in [4.78, 5) is 35.8. The number of hydrogen-bond donors (Lipinski definition) is 2. The van der Waals surface area contributed by atoms with Gasteiger partial charge >= 0.3 is 17.8 Å². The van der Waals surface area contributed by atoms with Crippen molar-refractivity contribution in [3.63, 3.8) is 0 Å². The predicted octanol–water partition coefficient (Wildman–Crippen LogP) is 4.55. The van der Waals surface area contributed by atoms with Crippen molar-refractivity contribution in [3.8, 4) is 5.75 Å². The first-order valence-electron chi connectivity index (χ1n) is 8.99. The molecule has 0 saturated heterocycles. The summed E-state index contributed by atoms with van der Waals surface area (Å²) in [6.07, 6.45) is 1.28. The zero-order chi connectivity index (χ0) is 23.1. The van der Waals surface area contributed by atoms with Crippen molar-refractivity contribution in [1.29, 1.82) is 0 Å². The summed E-state index contributed by atoms with van der Waals surface area (Å²) < 4.78 is 19.5. The van der Waals surface area contributed by atoms with Gasteiger partial charge in [-0.05, 0) is 60.2 Å². The van der Waals surface area contributed by atoms with Crippen LogP contribution in [0.4, 0.5) is 10.1 Å². The van der Waals surface area contributed by atoms with Gasteiger partial charge in [-0.3, -0.25) is 9.59 Å². The highest BCUT2D eigenvalue weighted by Crippen LogP contribution is 2.20. The molecule has 0 saturated carbocycles. The first-order valence-corrected chi connectivity index (χ1v) is 10.2. The minimum absolute atomic E-state index is 0.140. The molecule has 0 unspecified atom stereocenters. The molecule has 0 radical (unpaired) electrons. The van der Waals surface area contributed by atoms with E-state index in [2.05, 4.69) is 26.3 Å². The molecule has 162 valence electrons. The van der Waals surface area contributed by atoms with Gasteiger partial charge < -0.3 is 10.1 Å². The van der Waals surface area contributed by atoms with Crippen molar-refractivity contribution < 1.29 is 23.5 Å². The molecular weight excluding hydrogens is 505 g/mol. The highest BCUT2D eigenvalue weighted by atomic mass is 79.9. The van der Waals surface area contributed by atoms with Crippen LogP contribution in [0.2, 0.25) is 5.02 Å². The maximum atomic E-state index is 13.7. The molecule has 0 aromatic heterocycles. The van der Waals surface area contributed by atoms with Gasteiger partial charge in [0.2, 0.25) is 0 Å². The summed E-state index contributed by atoms with van der Waals surface area (Å²) in [5.41, 5.74) is 2.70. The minimum atomic E-state index is -1.08. The van der Waals surface area contributed by atoms with Gasteiger partial charge in [-0.2, -0.15) is 5.10 Å². The van der Waals surface area contributed by atoms with Crippen LogP contribution in [0.1, 0.15) is 15.9 Å². The summed E-state index contributed by atoms with van der Waals surface area (Å²) in [5.74, 6) is -3.16. The molecule has 0 bridgehead atoms. The zero-order valence-electron chi connectivity index (χ0n) is 16.1. The van der Waals surface area contributed by atoms with Crippen LogP contribution in [-0.2, 0) is 9.59 Å². The highest BCUT2D eigenvalue weighted by Gasteiger charge is 2.15. The third-order valence-electron chi connectivity index (χ3n) is 3.95. The van der Waals surface area contributed by atoms with Crippen LogP contribution in [0.15, 0.2) is 76.3 Å². The molecule has 2 amide bonds. The molecule has 0 fully saturated rings. The molecule has 7 nitrogen and oxygen atoms in total. The molecule has 10 heteroatoms. The van der Waals surface area contributed by atoms with Crippen molar-refractivity contribution in [3.05, 3.63) is 93.2 Å². The van der Waals surface area contributed by atoms with E-state index >= 15 is 0 Å². The fourth-order valence-electron chi connectivity index (χ4n) is 2.40. The topological polar surface area (TPSA) is 96.9 Å². The molecule has 0 aliphatic rings. The van der Waals surface area contributed by atoms with Crippen LogP contribution in [0, 0.1) is 5.82 Å². The van der Waals surface area contributed by atoms with Gasteiger partial charge in [-0.15, -0.1) is 0 Å². The second-order valence-electron chi connectivity index (χ2n) is 6.22. The lowest BCUT2D eigenvalue weighted by atomic mass is 10.2. The Balaban J connectivity index is 1.53. The summed E-state index contributed by atoms with van der Waals surface area (Å²) in [5, 5.41) is 6.11. The van der Waals surface area contributed by atoms with Gasteiger partial charge in [0.25, 0.3) is 0 Å². The number of anilines is 1. The molecule has 32 heavy (non-hydrogen) atoms. The fourth-order valence-corrected chi connectivity index (χ4v) is 2.94. The lowest BCUT2D eigenvalue weighted by Crippen LogP contribution is -2.32. The monoisotopic (exact) mass is 517 g/mol. The van der Waals surface area contributed by atoms with Gasteiger partial charge in [0.15, 0.2) is 0 Å². The van der Waals surface area contributed by atoms with E-state index in [0.29, 0.717) is 10.0 Å². The quantitative estimate of drug-likeness (QED) is 0.170. The lowest BCUT2D eigenvalue weighted by molar-refractivity contribution is -0.136. The Morgan fingerprint density at radius 3 is 2.41 bits per heavy atom. The Bertz CT molecular complexity index is 1200. The number of carbonyl (C=O) groups excluding carboxylic acids is 3. The molecular formula is C22H14BrClFN3O4. The Morgan fingerprint density at radius 2 is 1.72 bits per heavy atom. The number of benzene rings is 3. The number of amides is 2. The standard InChI is InChI=1S/C22H14BrClFN3O4/c23-14-7-10-19(18(25)11-14)27-20(29)21(30)28-26-12-13-5-8-15(9-6-13)32-22(31)16-3-1-2-4-17(16)24/h1-12H,(H,27,29)(H,28,30)/b26-12+. The fraction of sp³-hybridized carbons (Fsp3) is 0. The summed E-state index contributed by atoms with van der Waals surface area (Å²) >= 11 is 9.07. The molecule has 3 aromatic rings. The van der Waals surface area contributed by atoms with Crippen LogP contribution >= 0.6 is 27.5 Å². The first kappa shape index (κ1) is 23.1. The van der Waals surface area contributed by atoms with E-state index in [1.165, 1.54) is 30.5 Å². The number of halogens is 3. The van der Waals surface area contributed by atoms with E-state index < -0.39 is 23.6 Å². The predicted molar refractivity (Wildman–Crippen MR) is 121 cm³/mol. The van der Waals surface area contributed by atoms with Crippen LogP contribution in [-0.4, -0.2) is 24.0 Å². The molecule has 0 spiro atoms. The van der Waals surface area contributed by atoms with Gasteiger partial charge in [-0.25, -0.2) is 14.6 Å². The van der Waals surface area contributed by atoms with Gasteiger partial charge in [0.1, 0.15) is 11.6 Å². The number of nitrogens with zero attached hydrogens (tertiary/aromatic N) is 1. The van der Waals surface area contributed by atoms with Crippen molar-refractivity contribution in [2.45, 2.75) is 0 Å². The van der Waals surface area contributed by atoms with E-state index in [0.717, 1.165) is 6.07 Å². The third kappa shape index (κ3) is 6.22. The van der Waals surface area contributed by atoms with Crippen LogP contribution in [0.25, 0.3) is 0 Å². The van der Waals surface area contributed by atoms with Crippen LogP contribution in [0.3, 0.4) is 0 Å². The van der Waals surface area contributed by atoms with Crippen molar-refractivity contribution in [2.24, 2.45) is 5.10 Å². The molecule has 0 aliphatic carbocycles. The third-order valence-corrected chi connectivity index (χ3v) is 4.77. The molecule has 0 heterocycles. The van der Waals surface area contributed by atoms with Crippen molar-refractivity contribution >= 4 is 57.2 Å². The van der Waals surface area contributed by atoms with E-state index in [9.17, 15) is 18.8 Å². The Labute approximate surface area is 195 Å². The summed E-state index contributed by atoms with van der Waals surface area (Å²) in [6, 6.07) is 16.7. The molecule has 3 aromatic carbocycles. The molecule has 0 atom stereocenters. The highest BCUT2D eigenvalue weighted by molar-refractivity contribution is 9.10. The Hall–Kier alpha value is -3.56. The maximum Gasteiger partial charge on any atom is 0.345 e. The number of ether oxygens (including phenoxy) is 1. The summed E-state index contributed by atoms with van der Waals surface area (Å²) in [7, 11) is 0. The average molecular weight is 519 g/mol. The first-order chi connectivity index (χ1) is 15.3. The Morgan fingerprint density at radius 1 is 1.00 bits per heavy atom. The second kappa shape index (κ2) is 10.7. The number of esters is 1. The molecule has 3 rings (SSSR count). The maximum absolute atomic E-state index is 13.7. The lowest BCUT2D eigenvalue weighted by Gasteiger charge is -2.06. The minimum Gasteiger partial charge on any atom is -0.423 e. The van der Waals surface area contributed by atoms with E-state index in [1.54, 1.807) is 36.4 Å².